The molecule has 98 valence electrons. The maximum Gasteiger partial charge on any atom is 0.148 e. The van der Waals surface area contributed by atoms with Crippen molar-refractivity contribution < 1.29 is 4.39 Å². The van der Waals surface area contributed by atoms with Crippen LogP contribution in [0.2, 0.25) is 0 Å². The van der Waals surface area contributed by atoms with Crippen LogP contribution in [0, 0.1) is 5.82 Å². The Morgan fingerprint density at radius 3 is 2.47 bits per heavy atom. The van der Waals surface area contributed by atoms with Crippen LogP contribution in [-0.2, 0) is 12.8 Å². The Morgan fingerprint density at radius 2 is 1.68 bits per heavy atom. The van der Waals surface area contributed by atoms with E-state index in [9.17, 15) is 4.39 Å². The van der Waals surface area contributed by atoms with Crippen LogP contribution in [0.4, 0.5) is 21.5 Å². The fourth-order valence-corrected chi connectivity index (χ4v) is 2.64. The van der Waals surface area contributed by atoms with Gasteiger partial charge in [0.15, 0.2) is 0 Å². The van der Waals surface area contributed by atoms with Gasteiger partial charge >= 0.3 is 0 Å². The van der Waals surface area contributed by atoms with E-state index in [2.05, 4.69) is 18.2 Å². The number of nitrogens with two attached hydrogens (primary N) is 1. The van der Waals surface area contributed by atoms with E-state index in [1.165, 1.54) is 30.0 Å². The Hall–Kier alpha value is -2.03. The molecule has 0 unspecified atom stereocenters. The lowest BCUT2D eigenvalue weighted by atomic mass is 10.1. The summed E-state index contributed by atoms with van der Waals surface area (Å²) < 4.78 is 13.5. The first-order chi connectivity index (χ1) is 9.15. The van der Waals surface area contributed by atoms with E-state index in [-0.39, 0.29) is 11.5 Å². The maximum atomic E-state index is 13.5. The molecule has 0 bridgehead atoms. The first-order valence-corrected chi connectivity index (χ1v) is 6.56. The van der Waals surface area contributed by atoms with Crippen molar-refractivity contribution in [3.05, 3.63) is 53.3 Å². The summed E-state index contributed by atoms with van der Waals surface area (Å²) in [5.74, 6) is -0.370. The van der Waals surface area contributed by atoms with Gasteiger partial charge in [-0.15, -0.1) is 0 Å². The molecule has 3 heteroatoms. The second-order valence-electron chi connectivity index (χ2n) is 5.07. The Morgan fingerprint density at radius 1 is 1.00 bits per heavy atom. The number of aryl methyl sites for hydroxylation is 2. The summed E-state index contributed by atoms with van der Waals surface area (Å²) in [5, 5.41) is 0. The predicted molar refractivity (Wildman–Crippen MR) is 77.3 cm³/mol. The van der Waals surface area contributed by atoms with Gasteiger partial charge < -0.3 is 10.6 Å². The molecular formula is C16H17FN2. The largest absolute Gasteiger partial charge is 0.396 e. The molecule has 2 aromatic carbocycles. The lowest BCUT2D eigenvalue weighted by molar-refractivity contribution is 0.632. The van der Waals surface area contributed by atoms with Crippen LogP contribution in [-0.4, -0.2) is 7.05 Å². The summed E-state index contributed by atoms with van der Waals surface area (Å²) in [4.78, 5) is 1.99. The van der Waals surface area contributed by atoms with Crippen LogP contribution < -0.4 is 10.6 Å². The van der Waals surface area contributed by atoms with Gasteiger partial charge in [0.05, 0.1) is 5.69 Å². The van der Waals surface area contributed by atoms with E-state index in [1.807, 2.05) is 18.0 Å². The second-order valence-corrected chi connectivity index (χ2v) is 5.07. The predicted octanol–water partition coefficient (Wildman–Crippen LogP) is 3.66. The van der Waals surface area contributed by atoms with Gasteiger partial charge in [-0.05, 0) is 60.7 Å². The van der Waals surface area contributed by atoms with Gasteiger partial charge in [0, 0.05) is 18.4 Å². The van der Waals surface area contributed by atoms with Crippen molar-refractivity contribution >= 4 is 17.1 Å². The van der Waals surface area contributed by atoms with Crippen LogP contribution >= 0.6 is 0 Å². The SMILES string of the molecule is CN(c1ccc(N)c(F)c1)c1ccc2c(c1)CCC2. The molecule has 0 aromatic heterocycles. The molecule has 0 amide bonds. The van der Waals surface area contributed by atoms with Gasteiger partial charge in [0.1, 0.15) is 5.82 Å². The summed E-state index contributed by atoms with van der Waals surface area (Å²) in [6.45, 7) is 0. The smallest absolute Gasteiger partial charge is 0.148 e. The monoisotopic (exact) mass is 256 g/mol. The minimum Gasteiger partial charge on any atom is -0.396 e. The van der Waals surface area contributed by atoms with E-state index < -0.39 is 0 Å². The van der Waals surface area contributed by atoms with Crippen molar-refractivity contribution in [2.45, 2.75) is 19.3 Å². The fourth-order valence-electron chi connectivity index (χ4n) is 2.64. The highest BCUT2D eigenvalue weighted by Gasteiger charge is 2.13. The number of hydrogen-bond acceptors (Lipinski definition) is 2. The quantitative estimate of drug-likeness (QED) is 0.831. The van der Waals surface area contributed by atoms with Gasteiger partial charge in [0.2, 0.25) is 0 Å². The van der Waals surface area contributed by atoms with Gasteiger partial charge in [-0.1, -0.05) is 6.07 Å². The number of benzene rings is 2. The molecule has 0 radical (unpaired) electrons. The van der Waals surface area contributed by atoms with Gasteiger partial charge in [-0.2, -0.15) is 0 Å². The standard InChI is InChI=1S/C16H17FN2/c1-19(14-7-8-16(18)15(17)10-14)13-6-5-11-3-2-4-12(11)9-13/h5-10H,2-4,18H2,1H3. The average molecular weight is 256 g/mol. The molecule has 1 aliphatic rings. The van der Waals surface area contributed by atoms with Crippen LogP contribution in [0.1, 0.15) is 17.5 Å². The highest BCUT2D eigenvalue weighted by atomic mass is 19.1. The molecule has 2 aromatic rings. The Kier molecular flexibility index (Phi) is 2.90. The molecule has 3 rings (SSSR count). The van der Waals surface area contributed by atoms with E-state index in [1.54, 1.807) is 6.07 Å². The molecular weight excluding hydrogens is 239 g/mol. The highest BCUT2D eigenvalue weighted by molar-refractivity contribution is 5.66. The zero-order chi connectivity index (χ0) is 13.4. The molecule has 2 N–H and O–H groups in total. The van der Waals surface area contributed by atoms with Gasteiger partial charge in [0.25, 0.3) is 0 Å². The number of fused-ring (bicyclic) bond motifs is 1. The number of nitrogen functional groups attached to an aromatic ring is 1. The highest BCUT2D eigenvalue weighted by Crippen LogP contribution is 2.30. The summed E-state index contributed by atoms with van der Waals surface area (Å²) in [5.41, 5.74) is 10.5. The van der Waals surface area contributed by atoms with Crippen molar-refractivity contribution in [2.75, 3.05) is 17.7 Å². The molecule has 0 atom stereocenters. The van der Waals surface area contributed by atoms with Crippen LogP contribution in [0.3, 0.4) is 0 Å². The van der Waals surface area contributed by atoms with Crippen molar-refractivity contribution in [3.63, 3.8) is 0 Å². The average Bonchev–Trinajstić information content (AvgIpc) is 2.88. The fraction of sp³-hybridized carbons (Fsp3) is 0.250. The summed E-state index contributed by atoms with van der Waals surface area (Å²) in [7, 11) is 1.95. The normalized spacial score (nSPS) is 13.4. The third-order valence-corrected chi connectivity index (χ3v) is 3.84. The molecule has 1 aliphatic carbocycles. The summed E-state index contributed by atoms with van der Waals surface area (Å²) in [6, 6.07) is 11.4. The maximum absolute atomic E-state index is 13.5. The molecule has 19 heavy (non-hydrogen) atoms. The molecule has 0 saturated heterocycles. The Labute approximate surface area is 112 Å². The Balaban J connectivity index is 1.94. The zero-order valence-electron chi connectivity index (χ0n) is 11.0. The van der Waals surface area contributed by atoms with Crippen molar-refractivity contribution in [3.8, 4) is 0 Å². The molecule has 2 nitrogen and oxygen atoms in total. The van der Waals surface area contributed by atoms with Crippen LogP contribution in [0.15, 0.2) is 36.4 Å². The first-order valence-electron chi connectivity index (χ1n) is 6.56. The van der Waals surface area contributed by atoms with Crippen LogP contribution in [0.25, 0.3) is 0 Å². The Bertz CT molecular complexity index is 622. The van der Waals surface area contributed by atoms with Crippen molar-refractivity contribution in [2.24, 2.45) is 0 Å². The van der Waals surface area contributed by atoms with E-state index in [4.69, 9.17) is 5.73 Å². The lowest BCUT2D eigenvalue weighted by Crippen LogP contribution is -2.10. The third-order valence-electron chi connectivity index (χ3n) is 3.84. The molecule has 0 heterocycles. The number of nitrogens with zero attached hydrogens (tertiary/aromatic N) is 1. The number of rotatable bonds is 2. The third kappa shape index (κ3) is 2.16. The second kappa shape index (κ2) is 4.57. The van der Waals surface area contributed by atoms with E-state index in [0.717, 1.165) is 17.8 Å². The minimum absolute atomic E-state index is 0.186. The molecule has 0 spiro atoms. The number of hydrogen-bond donors (Lipinski definition) is 1. The van der Waals surface area contributed by atoms with Crippen molar-refractivity contribution in [1.82, 2.24) is 0 Å². The first kappa shape index (κ1) is 12.0. The molecule has 0 fully saturated rings. The van der Waals surface area contributed by atoms with Crippen molar-refractivity contribution in [1.29, 1.82) is 0 Å². The topological polar surface area (TPSA) is 29.3 Å². The zero-order valence-corrected chi connectivity index (χ0v) is 11.0. The van der Waals surface area contributed by atoms with Crippen LogP contribution in [0.5, 0.6) is 0 Å². The van der Waals surface area contributed by atoms with E-state index >= 15 is 0 Å². The molecule has 0 aliphatic heterocycles. The number of halogens is 1. The molecule has 0 saturated carbocycles. The number of anilines is 3. The van der Waals surface area contributed by atoms with Gasteiger partial charge in [-0.3, -0.25) is 0 Å². The summed E-state index contributed by atoms with van der Waals surface area (Å²) in [6.07, 6.45) is 3.56. The van der Waals surface area contributed by atoms with E-state index in [0.29, 0.717) is 0 Å². The van der Waals surface area contributed by atoms with Gasteiger partial charge in [-0.25, -0.2) is 4.39 Å². The minimum atomic E-state index is -0.370. The summed E-state index contributed by atoms with van der Waals surface area (Å²) >= 11 is 0. The lowest BCUT2D eigenvalue weighted by Gasteiger charge is -2.20.